The van der Waals surface area contributed by atoms with Crippen LogP contribution < -0.4 is 5.73 Å². The molecule has 2 saturated heterocycles. The van der Waals surface area contributed by atoms with Gasteiger partial charge in [0.25, 0.3) is 0 Å². The largest absolute Gasteiger partial charge is 0.368 e. The zero-order valence-electron chi connectivity index (χ0n) is 15.7. The van der Waals surface area contributed by atoms with Crippen molar-refractivity contribution in [1.29, 1.82) is 0 Å². The fraction of sp³-hybridized carbons (Fsp3) is 0.455. The van der Waals surface area contributed by atoms with Crippen LogP contribution in [0.2, 0.25) is 0 Å². The van der Waals surface area contributed by atoms with Crippen molar-refractivity contribution < 1.29 is 9.59 Å². The Morgan fingerprint density at radius 2 is 1.78 bits per heavy atom. The van der Waals surface area contributed by atoms with E-state index in [9.17, 15) is 9.59 Å². The van der Waals surface area contributed by atoms with Crippen LogP contribution in [0, 0.1) is 5.41 Å². The van der Waals surface area contributed by atoms with E-state index >= 15 is 0 Å². The monoisotopic (exact) mass is 365 g/mol. The Labute approximate surface area is 160 Å². The third-order valence-electron chi connectivity index (χ3n) is 6.23. The van der Waals surface area contributed by atoms with E-state index in [2.05, 4.69) is 47.4 Å². The topological polar surface area (TPSA) is 66.6 Å². The summed E-state index contributed by atoms with van der Waals surface area (Å²) in [5.74, 6) is -0.354. The highest BCUT2D eigenvalue weighted by Gasteiger charge is 2.41. The number of benzene rings is 2. The van der Waals surface area contributed by atoms with Gasteiger partial charge in [0.15, 0.2) is 0 Å². The Balaban J connectivity index is 1.38. The Bertz CT molecular complexity index is 856. The summed E-state index contributed by atoms with van der Waals surface area (Å²) < 4.78 is 0. The number of amides is 2. The SMILES string of the molecule is NC(=O)CN1CC2(CCC1=O)CCN(Cc1ccc3ccccc3c1)CC2. The molecule has 5 heteroatoms. The van der Waals surface area contributed by atoms with E-state index in [0.717, 1.165) is 38.9 Å². The molecule has 27 heavy (non-hydrogen) atoms. The molecule has 2 aromatic carbocycles. The maximum absolute atomic E-state index is 12.1. The molecular weight excluding hydrogens is 338 g/mol. The molecule has 2 aliphatic rings. The molecule has 2 aromatic rings. The van der Waals surface area contributed by atoms with E-state index in [1.807, 2.05) is 0 Å². The van der Waals surface area contributed by atoms with Crippen molar-refractivity contribution in [1.82, 2.24) is 9.80 Å². The van der Waals surface area contributed by atoms with E-state index in [1.54, 1.807) is 4.90 Å². The summed E-state index contributed by atoms with van der Waals surface area (Å²) in [6.07, 6.45) is 3.62. The second kappa shape index (κ2) is 7.31. The number of hydrogen-bond acceptors (Lipinski definition) is 3. The first-order chi connectivity index (χ1) is 13.0. The predicted molar refractivity (Wildman–Crippen MR) is 106 cm³/mol. The average Bonchev–Trinajstić information content (AvgIpc) is 2.66. The lowest BCUT2D eigenvalue weighted by Gasteiger charge is -2.47. The molecule has 0 bridgehead atoms. The number of primary amides is 1. The number of fused-ring (bicyclic) bond motifs is 1. The van der Waals surface area contributed by atoms with E-state index in [-0.39, 0.29) is 17.9 Å². The highest BCUT2D eigenvalue weighted by atomic mass is 16.2. The molecule has 5 nitrogen and oxygen atoms in total. The molecule has 0 atom stereocenters. The molecule has 0 radical (unpaired) electrons. The lowest BCUT2D eigenvalue weighted by atomic mass is 9.72. The number of likely N-dealkylation sites (tertiary alicyclic amines) is 2. The molecule has 2 heterocycles. The van der Waals surface area contributed by atoms with Crippen molar-refractivity contribution in [2.24, 2.45) is 11.1 Å². The van der Waals surface area contributed by atoms with Crippen molar-refractivity contribution >= 4 is 22.6 Å². The summed E-state index contributed by atoms with van der Waals surface area (Å²) >= 11 is 0. The Morgan fingerprint density at radius 1 is 1.04 bits per heavy atom. The van der Waals surface area contributed by atoms with Gasteiger partial charge in [-0.25, -0.2) is 0 Å². The molecule has 0 saturated carbocycles. The van der Waals surface area contributed by atoms with Crippen LogP contribution in [-0.2, 0) is 16.1 Å². The van der Waals surface area contributed by atoms with Gasteiger partial charge in [-0.15, -0.1) is 0 Å². The predicted octanol–water partition coefficient (Wildman–Crippen LogP) is 2.53. The minimum absolute atomic E-state index is 0.0569. The lowest BCUT2D eigenvalue weighted by Crippen LogP contribution is -2.53. The van der Waals surface area contributed by atoms with E-state index in [0.29, 0.717) is 13.0 Å². The highest BCUT2D eigenvalue weighted by molar-refractivity contribution is 5.84. The molecular formula is C22H27N3O2. The molecule has 2 N–H and O–H groups in total. The first kappa shape index (κ1) is 18.0. The normalized spacial score (nSPS) is 20.3. The molecule has 1 spiro atoms. The molecule has 0 aliphatic carbocycles. The van der Waals surface area contributed by atoms with Crippen LogP contribution in [0.5, 0.6) is 0 Å². The summed E-state index contributed by atoms with van der Waals surface area (Å²) in [5, 5.41) is 2.57. The van der Waals surface area contributed by atoms with Gasteiger partial charge in [0, 0.05) is 19.5 Å². The minimum Gasteiger partial charge on any atom is -0.368 e. The zero-order valence-corrected chi connectivity index (χ0v) is 15.7. The average molecular weight is 365 g/mol. The number of piperidine rings is 2. The molecule has 0 aromatic heterocycles. The fourth-order valence-electron chi connectivity index (χ4n) is 4.62. The quantitative estimate of drug-likeness (QED) is 0.905. The van der Waals surface area contributed by atoms with Gasteiger partial charge in [-0.05, 0) is 60.2 Å². The van der Waals surface area contributed by atoms with Gasteiger partial charge in [0.1, 0.15) is 0 Å². The summed E-state index contributed by atoms with van der Waals surface area (Å²) in [7, 11) is 0. The second-order valence-electron chi connectivity index (χ2n) is 8.17. The number of nitrogens with two attached hydrogens (primary N) is 1. The van der Waals surface area contributed by atoms with Crippen LogP contribution in [0.3, 0.4) is 0 Å². The van der Waals surface area contributed by atoms with Crippen LogP contribution in [0.4, 0.5) is 0 Å². The van der Waals surface area contributed by atoms with Crippen LogP contribution in [0.25, 0.3) is 10.8 Å². The Hall–Kier alpha value is -2.40. The van der Waals surface area contributed by atoms with Gasteiger partial charge >= 0.3 is 0 Å². The van der Waals surface area contributed by atoms with E-state index in [1.165, 1.54) is 16.3 Å². The fourth-order valence-corrected chi connectivity index (χ4v) is 4.62. The lowest BCUT2D eigenvalue weighted by molar-refractivity contribution is -0.142. The molecule has 4 rings (SSSR count). The van der Waals surface area contributed by atoms with Crippen LogP contribution in [-0.4, -0.2) is 47.8 Å². The van der Waals surface area contributed by atoms with Gasteiger partial charge in [0.05, 0.1) is 6.54 Å². The maximum Gasteiger partial charge on any atom is 0.237 e. The van der Waals surface area contributed by atoms with Crippen molar-refractivity contribution in [2.75, 3.05) is 26.2 Å². The summed E-state index contributed by atoms with van der Waals surface area (Å²) in [5.41, 5.74) is 6.81. The molecule has 2 amide bonds. The standard InChI is InChI=1S/C22H27N3O2/c23-20(26)15-25-16-22(8-7-21(25)27)9-11-24(12-10-22)14-17-5-6-18-3-1-2-4-19(18)13-17/h1-6,13H,7-12,14-16H2,(H2,23,26). The Kier molecular flexibility index (Phi) is 4.87. The minimum atomic E-state index is -0.422. The number of nitrogens with zero attached hydrogens (tertiary/aromatic N) is 2. The van der Waals surface area contributed by atoms with Gasteiger partial charge < -0.3 is 10.6 Å². The van der Waals surface area contributed by atoms with Gasteiger partial charge in [-0.2, -0.15) is 0 Å². The van der Waals surface area contributed by atoms with Crippen LogP contribution in [0.1, 0.15) is 31.2 Å². The third-order valence-corrected chi connectivity index (χ3v) is 6.23. The maximum atomic E-state index is 12.1. The number of carbonyl (C=O) groups excluding carboxylic acids is 2. The van der Waals surface area contributed by atoms with Gasteiger partial charge in [0.2, 0.25) is 11.8 Å². The van der Waals surface area contributed by atoms with Crippen LogP contribution in [0.15, 0.2) is 42.5 Å². The van der Waals surface area contributed by atoms with Gasteiger partial charge in [-0.1, -0.05) is 36.4 Å². The van der Waals surface area contributed by atoms with Crippen LogP contribution >= 0.6 is 0 Å². The smallest absolute Gasteiger partial charge is 0.237 e. The number of carbonyl (C=O) groups is 2. The number of rotatable bonds is 4. The summed E-state index contributed by atoms with van der Waals surface area (Å²) in [4.78, 5) is 27.5. The van der Waals surface area contributed by atoms with E-state index in [4.69, 9.17) is 5.73 Å². The van der Waals surface area contributed by atoms with Crippen molar-refractivity contribution in [3.63, 3.8) is 0 Å². The molecule has 2 fully saturated rings. The molecule has 0 unspecified atom stereocenters. The third kappa shape index (κ3) is 3.98. The van der Waals surface area contributed by atoms with Crippen molar-refractivity contribution in [3.8, 4) is 0 Å². The van der Waals surface area contributed by atoms with Crippen molar-refractivity contribution in [2.45, 2.75) is 32.2 Å². The zero-order chi connectivity index (χ0) is 18.9. The molecule has 2 aliphatic heterocycles. The van der Waals surface area contributed by atoms with E-state index < -0.39 is 5.91 Å². The highest BCUT2D eigenvalue weighted by Crippen LogP contribution is 2.40. The second-order valence-corrected chi connectivity index (χ2v) is 8.17. The first-order valence-corrected chi connectivity index (χ1v) is 9.79. The summed E-state index contributed by atoms with van der Waals surface area (Å²) in [6.45, 7) is 3.77. The molecule has 142 valence electrons. The number of hydrogen-bond donors (Lipinski definition) is 1. The summed E-state index contributed by atoms with van der Waals surface area (Å²) in [6, 6.07) is 15.2. The Morgan fingerprint density at radius 3 is 2.52 bits per heavy atom. The first-order valence-electron chi connectivity index (χ1n) is 9.79. The van der Waals surface area contributed by atoms with Crippen molar-refractivity contribution in [3.05, 3.63) is 48.0 Å². The van der Waals surface area contributed by atoms with Gasteiger partial charge in [-0.3, -0.25) is 14.5 Å².